The molecule has 0 amide bonds. The van der Waals surface area contributed by atoms with Crippen LogP contribution in [-0.2, 0) is 0 Å². The summed E-state index contributed by atoms with van der Waals surface area (Å²) in [4.78, 5) is 4.10. The molecule has 0 unspecified atom stereocenters. The van der Waals surface area contributed by atoms with Crippen LogP contribution in [0.25, 0.3) is 0 Å². The van der Waals surface area contributed by atoms with Crippen LogP contribution in [0.5, 0.6) is 0 Å². The van der Waals surface area contributed by atoms with E-state index in [2.05, 4.69) is 9.36 Å². The van der Waals surface area contributed by atoms with Crippen LogP contribution in [0.1, 0.15) is 25.7 Å². The molecule has 0 bridgehead atoms. The van der Waals surface area contributed by atoms with Crippen molar-refractivity contribution >= 4 is 34.9 Å². The average Bonchev–Trinajstić information content (AvgIpc) is 2.63. The van der Waals surface area contributed by atoms with Gasteiger partial charge in [0.15, 0.2) is 4.34 Å². The predicted molar refractivity (Wildman–Crippen MR) is 59.8 cm³/mol. The summed E-state index contributed by atoms with van der Waals surface area (Å²) in [6.45, 7) is 0. The topological polar surface area (TPSA) is 25.8 Å². The van der Waals surface area contributed by atoms with Gasteiger partial charge in [-0.15, -0.1) is 11.6 Å². The Morgan fingerprint density at radius 2 is 2.15 bits per heavy atom. The number of halogens is 1. The molecule has 0 saturated heterocycles. The largest absolute Gasteiger partial charge is 0.216 e. The molecule has 0 saturated carbocycles. The van der Waals surface area contributed by atoms with E-state index in [1.165, 1.54) is 30.8 Å². The van der Waals surface area contributed by atoms with Crippen molar-refractivity contribution < 1.29 is 0 Å². The van der Waals surface area contributed by atoms with Gasteiger partial charge in [0, 0.05) is 11.6 Å². The van der Waals surface area contributed by atoms with E-state index in [0.717, 1.165) is 22.4 Å². The molecule has 0 aliphatic rings. The summed E-state index contributed by atoms with van der Waals surface area (Å²) in [6, 6.07) is 0. The fourth-order valence-electron chi connectivity index (χ4n) is 0.936. The fourth-order valence-corrected chi connectivity index (χ4v) is 2.64. The number of hydrogen-bond donors (Lipinski definition) is 0. The Kier molecular flexibility index (Phi) is 6.58. The van der Waals surface area contributed by atoms with Crippen molar-refractivity contribution in [2.24, 2.45) is 0 Å². The van der Waals surface area contributed by atoms with Gasteiger partial charge in [-0.05, 0) is 24.4 Å². The third kappa shape index (κ3) is 5.49. The van der Waals surface area contributed by atoms with E-state index < -0.39 is 0 Å². The second-order valence-corrected chi connectivity index (χ2v) is 5.16. The lowest BCUT2D eigenvalue weighted by Crippen LogP contribution is -1.82. The van der Waals surface area contributed by atoms with Crippen molar-refractivity contribution in [2.45, 2.75) is 30.0 Å². The highest BCUT2D eigenvalue weighted by molar-refractivity contribution is 8.00. The predicted octanol–water partition coefficient (Wildman–Crippen LogP) is 3.43. The maximum Gasteiger partial charge on any atom is 0.169 e. The second kappa shape index (κ2) is 7.59. The normalized spacial score (nSPS) is 10.5. The second-order valence-electron chi connectivity index (χ2n) is 2.66. The zero-order valence-corrected chi connectivity index (χ0v) is 9.80. The van der Waals surface area contributed by atoms with Crippen molar-refractivity contribution in [3.05, 3.63) is 6.33 Å². The summed E-state index contributed by atoms with van der Waals surface area (Å²) < 4.78 is 5.02. The van der Waals surface area contributed by atoms with Gasteiger partial charge in [-0.2, -0.15) is 4.37 Å². The molecule has 0 aliphatic heterocycles. The lowest BCUT2D eigenvalue weighted by molar-refractivity contribution is 0.709. The van der Waals surface area contributed by atoms with Gasteiger partial charge in [-0.1, -0.05) is 24.6 Å². The Bertz CT molecular complexity index is 204. The number of unbranched alkanes of at least 4 members (excludes halogenated alkanes) is 3. The lowest BCUT2D eigenvalue weighted by Gasteiger charge is -1.97. The van der Waals surface area contributed by atoms with E-state index in [-0.39, 0.29) is 0 Å². The molecule has 1 aromatic heterocycles. The Balaban J connectivity index is 1.90. The average molecular weight is 237 g/mol. The third-order valence-electron chi connectivity index (χ3n) is 1.59. The number of thioether (sulfide) groups is 1. The van der Waals surface area contributed by atoms with Gasteiger partial charge in [-0.25, -0.2) is 4.98 Å². The molecule has 1 aromatic rings. The first-order valence-corrected chi connectivity index (χ1v) is 6.68. The maximum atomic E-state index is 5.57. The van der Waals surface area contributed by atoms with E-state index in [9.17, 15) is 0 Å². The number of alkyl halides is 1. The Morgan fingerprint density at radius 1 is 1.31 bits per heavy atom. The summed E-state index contributed by atoms with van der Waals surface area (Å²) in [7, 11) is 0. The molecule has 1 heterocycles. The number of rotatable bonds is 7. The first-order chi connectivity index (χ1) is 6.43. The third-order valence-corrected chi connectivity index (χ3v) is 3.75. The monoisotopic (exact) mass is 236 g/mol. The molecule has 0 fully saturated rings. The molecular formula is C8H13ClN2S2. The molecule has 0 atom stereocenters. The molecule has 74 valence electrons. The van der Waals surface area contributed by atoms with Crippen molar-refractivity contribution in [3.8, 4) is 0 Å². The fraction of sp³-hybridized carbons (Fsp3) is 0.750. The first kappa shape index (κ1) is 11.3. The highest BCUT2D eigenvalue weighted by atomic mass is 35.5. The van der Waals surface area contributed by atoms with Crippen LogP contribution in [0.15, 0.2) is 10.7 Å². The Morgan fingerprint density at radius 3 is 2.85 bits per heavy atom. The molecule has 0 aliphatic carbocycles. The van der Waals surface area contributed by atoms with E-state index in [1.807, 2.05) is 0 Å². The minimum absolute atomic E-state index is 0.795. The van der Waals surface area contributed by atoms with E-state index in [0.29, 0.717) is 0 Å². The molecule has 0 aromatic carbocycles. The smallest absolute Gasteiger partial charge is 0.169 e. The van der Waals surface area contributed by atoms with Gasteiger partial charge in [0.1, 0.15) is 6.33 Å². The number of aromatic nitrogens is 2. The minimum Gasteiger partial charge on any atom is -0.216 e. The zero-order chi connectivity index (χ0) is 9.36. The molecule has 0 N–H and O–H groups in total. The van der Waals surface area contributed by atoms with Gasteiger partial charge < -0.3 is 0 Å². The van der Waals surface area contributed by atoms with E-state index in [4.69, 9.17) is 11.6 Å². The lowest BCUT2D eigenvalue weighted by atomic mass is 10.2. The van der Waals surface area contributed by atoms with Crippen LogP contribution in [0, 0.1) is 0 Å². The van der Waals surface area contributed by atoms with Gasteiger partial charge >= 0.3 is 0 Å². The van der Waals surface area contributed by atoms with E-state index >= 15 is 0 Å². The van der Waals surface area contributed by atoms with Crippen LogP contribution in [0.2, 0.25) is 0 Å². The Hall–Kier alpha value is 0.200. The standard InChI is InChI=1S/C8H13ClN2S2/c9-5-3-1-2-4-6-12-8-10-7-11-13-8/h7H,1-6H2. The molecule has 2 nitrogen and oxygen atoms in total. The summed E-state index contributed by atoms with van der Waals surface area (Å²) in [5.41, 5.74) is 0. The highest BCUT2D eigenvalue weighted by Crippen LogP contribution is 2.19. The summed E-state index contributed by atoms with van der Waals surface area (Å²) >= 11 is 8.84. The van der Waals surface area contributed by atoms with Crippen molar-refractivity contribution in [2.75, 3.05) is 11.6 Å². The van der Waals surface area contributed by atoms with Crippen molar-refractivity contribution in [3.63, 3.8) is 0 Å². The van der Waals surface area contributed by atoms with E-state index in [1.54, 1.807) is 18.1 Å². The molecule has 0 spiro atoms. The van der Waals surface area contributed by atoms with Gasteiger partial charge in [0.25, 0.3) is 0 Å². The number of nitrogens with zero attached hydrogens (tertiary/aromatic N) is 2. The van der Waals surface area contributed by atoms with Gasteiger partial charge in [-0.3, -0.25) is 0 Å². The van der Waals surface area contributed by atoms with Gasteiger partial charge in [0.05, 0.1) is 0 Å². The maximum absolute atomic E-state index is 5.57. The summed E-state index contributed by atoms with van der Waals surface area (Å²) in [5, 5.41) is 0. The first-order valence-electron chi connectivity index (χ1n) is 4.39. The number of hydrogen-bond acceptors (Lipinski definition) is 4. The SMILES string of the molecule is ClCCCCCCSc1ncns1. The van der Waals surface area contributed by atoms with Crippen LogP contribution in [0.4, 0.5) is 0 Å². The van der Waals surface area contributed by atoms with Crippen molar-refractivity contribution in [1.29, 1.82) is 0 Å². The summed E-state index contributed by atoms with van der Waals surface area (Å²) in [6.07, 6.45) is 6.53. The zero-order valence-electron chi connectivity index (χ0n) is 7.41. The quantitative estimate of drug-likeness (QED) is 0.412. The highest BCUT2D eigenvalue weighted by Gasteiger charge is 1.96. The van der Waals surface area contributed by atoms with Crippen LogP contribution in [-0.4, -0.2) is 21.0 Å². The Labute approximate surface area is 92.3 Å². The van der Waals surface area contributed by atoms with Crippen LogP contribution >= 0.6 is 34.9 Å². The minimum atomic E-state index is 0.795. The molecule has 5 heteroatoms. The molecule has 1 rings (SSSR count). The van der Waals surface area contributed by atoms with Crippen LogP contribution in [0.3, 0.4) is 0 Å². The molecule has 0 radical (unpaired) electrons. The molecular weight excluding hydrogens is 224 g/mol. The van der Waals surface area contributed by atoms with Crippen molar-refractivity contribution in [1.82, 2.24) is 9.36 Å². The van der Waals surface area contributed by atoms with Gasteiger partial charge in [0.2, 0.25) is 0 Å². The van der Waals surface area contributed by atoms with Crippen LogP contribution < -0.4 is 0 Å². The molecule has 13 heavy (non-hydrogen) atoms. The summed E-state index contributed by atoms with van der Waals surface area (Å²) in [5.74, 6) is 1.95.